The van der Waals surface area contributed by atoms with Gasteiger partial charge in [-0.05, 0) is 24.0 Å². The second-order valence-corrected chi connectivity index (χ2v) is 5.08. The molecule has 6 heteroatoms. The number of rotatable bonds is 3. The number of aryl methyl sites for hydroxylation is 2. The molecule has 18 heavy (non-hydrogen) atoms. The number of benzene rings is 1. The lowest BCUT2D eigenvalue weighted by atomic mass is 10.2. The van der Waals surface area contributed by atoms with Gasteiger partial charge in [0.2, 0.25) is 0 Å². The predicted molar refractivity (Wildman–Crippen MR) is 69.9 cm³/mol. The van der Waals surface area contributed by atoms with E-state index < -0.39 is 4.92 Å². The van der Waals surface area contributed by atoms with Gasteiger partial charge in [0.05, 0.1) is 7.05 Å². The van der Waals surface area contributed by atoms with E-state index in [1.165, 1.54) is 16.3 Å². The van der Waals surface area contributed by atoms with Crippen molar-refractivity contribution in [3.8, 4) is 0 Å². The van der Waals surface area contributed by atoms with E-state index in [4.69, 9.17) is 0 Å². The minimum atomic E-state index is -0.392. The SMILES string of the molecule is Cc1ccc(Sc2nc(C)n(C)c2[N+](=O)[O-])cc1. The maximum Gasteiger partial charge on any atom is 0.357 e. The Morgan fingerprint density at radius 2 is 1.89 bits per heavy atom. The number of hydrogen-bond donors (Lipinski definition) is 0. The van der Waals surface area contributed by atoms with Gasteiger partial charge in [-0.3, -0.25) is 0 Å². The first kappa shape index (κ1) is 12.6. The van der Waals surface area contributed by atoms with E-state index in [0.29, 0.717) is 10.9 Å². The van der Waals surface area contributed by atoms with Crippen LogP contribution in [-0.2, 0) is 7.05 Å². The molecule has 2 aromatic rings. The molecule has 0 aliphatic carbocycles. The molecule has 0 radical (unpaired) electrons. The van der Waals surface area contributed by atoms with Crippen molar-refractivity contribution in [1.82, 2.24) is 9.55 Å². The monoisotopic (exact) mass is 263 g/mol. The summed E-state index contributed by atoms with van der Waals surface area (Å²) >= 11 is 1.31. The summed E-state index contributed by atoms with van der Waals surface area (Å²) in [6.07, 6.45) is 0. The van der Waals surface area contributed by atoms with Gasteiger partial charge < -0.3 is 10.1 Å². The number of nitro groups is 1. The van der Waals surface area contributed by atoms with Crippen LogP contribution in [0, 0.1) is 24.0 Å². The van der Waals surface area contributed by atoms with Crippen LogP contribution >= 0.6 is 11.8 Å². The Hall–Kier alpha value is -1.82. The molecular formula is C12H13N3O2S. The number of aromatic nitrogens is 2. The molecule has 0 amide bonds. The van der Waals surface area contributed by atoms with E-state index >= 15 is 0 Å². The summed E-state index contributed by atoms with van der Waals surface area (Å²) in [7, 11) is 1.65. The van der Waals surface area contributed by atoms with Gasteiger partial charge in [0.25, 0.3) is 0 Å². The quantitative estimate of drug-likeness (QED) is 0.630. The van der Waals surface area contributed by atoms with Crippen molar-refractivity contribution in [3.63, 3.8) is 0 Å². The Bertz CT molecular complexity index is 590. The van der Waals surface area contributed by atoms with E-state index in [0.717, 1.165) is 10.5 Å². The number of imidazole rings is 1. The van der Waals surface area contributed by atoms with Gasteiger partial charge in [-0.15, -0.1) is 0 Å². The standard InChI is InChI=1S/C12H13N3O2S/c1-8-4-6-10(7-5-8)18-11-12(15(16)17)14(3)9(2)13-11/h4-7H,1-3H3. The van der Waals surface area contributed by atoms with Gasteiger partial charge in [-0.2, -0.15) is 4.98 Å². The third-order valence-corrected chi connectivity index (χ3v) is 3.64. The van der Waals surface area contributed by atoms with E-state index in [2.05, 4.69) is 4.98 Å². The summed E-state index contributed by atoms with van der Waals surface area (Å²) in [5.41, 5.74) is 1.16. The average molecular weight is 263 g/mol. The first-order valence-corrected chi connectivity index (χ1v) is 6.23. The second kappa shape index (κ2) is 4.81. The van der Waals surface area contributed by atoms with Crippen LogP contribution in [-0.4, -0.2) is 14.5 Å². The van der Waals surface area contributed by atoms with Crippen LogP contribution in [0.15, 0.2) is 34.2 Å². The highest BCUT2D eigenvalue weighted by atomic mass is 32.2. The minimum Gasteiger partial charge on any atom is -0.358 e. The summed E-state index contributed by atoms with van der Waals surface area (Å²) in [5, 5.41) is 11.5. The van der Waals surface area contributed by atoms with Crippen molar-refractivity contribution in [3.05, 3.63) is 45.8 Å². The highest BCUT2D eigenvalue weighted by Crippen LogP contribution is 2.34. The van der Waals surface area contributed by atoms with Gasteiger partial charge in [-0.1, -0.05) is 29.5 Å². The molecule has 0 N–H and O–H groups in total. The summed E-state index contributed by atoms with van der Waals surface area (Å²) in [5.74, 6) is 0.675. The number of hydrogen-bond acceptors (Lipinski definition) is 4. The van der Waals surface area contributed by atoms with Crippen molar-refractivity contribution in [2.75, 3.05) is 0 Å². The van der Waals surface area contributed by atoms with Crippen molar-refractivity contribution >= 4 is 17.6 Å². The molecule has 1 heterocycles. The first-order chi connectivity index (χ1) is 8.49. The molecule has 5 nitrogen and oxygen atoms in total. The first-order valence-electron chi connectivity index (χ1n) is 5.41. The minimum absolute atomic E-state index is 0.0399. The fourth-order valence-electron chi connectivity index (χ4n) is 1.56. The molecule has 0 bridgehead atoms. The van der Waals surface area contributed by atoms with Crippen LogP contribution in [0.1, 0.15) is 11.4 Å². The van der Waals surface area contributed by atoms with Crippen molar-refractivity contribution in [2.24, 2.45) is 7.05 Å². The van der Waals surface area contributed by atoms with Gasteiger partial charge in [-0.25, -0.2) is 4.57 Å². The van der Waals surface area contributed by atoms with Gasteiger partial charge in [0, 0.05) is 11.8 Å². The Kier molecular flexibility index (Phi) is 3.38. The van der Waals surface area contributed by atoms with Crippen LogP contribution in [0.2, 0.25) is 0 Å². The smallest absolute Gasteiger partial charge is 0.357 e. The summed E-state index contributed by atoms with van der Waals surface area (Å²) < 4.78 is 1.50. The molecule has 0 fully saturated rings. The molecule has 1 aromatic carbocycles. The molecule has 0 aliphatic heterocycles. The highest BCUT2D eigenvalue weighted by Gasteiger charge is 2.23. The molecule has 0 aliphatic rings. The lowest BCUT2D eigenvalue weighted by molar-refractivity contribution is -0.394. The van der Waals surface area contributed by atoms with Gasteiger partial charge >= 0.3 is 5.82 Å². The average Bonchev–Trinajstić information content (AvgIpc) is 2.58. The van der Waals surface area contributed by atoms with Crippen LogP contribution in [0.3, 0.4) is 0 Å². The Balaban J connectivity index is 2.37. The zero-order valence-corrected chi connectivity index (χ0v) is 11.2. The van der Waals surface area contributed by atoms with E-state index in [1.54, 1.807) is 14.0 Å². The molecule has 94 valence electrons. The largest absolute Gasteiger partial charge is 0.358 e. The maximum atomic E-state index is 11.0. The lowest BCUT2D eigenvalue weighted by Crippen LogP contribution is -1.99. The van der Waals surface area contributed by atoms with Crippen molar-refractivity contribution < 1.29 is 4.92 Å². The Labute approximate surface area is 109 Å². The molecule has 2 rings (SSSR count). The van der Waals surface area contributed by atoms with Gasteiger partial charge in [0.1, 0.15) is 0 Å². The topological polar surface area (TPSA) is 61.0 Å². The molecule has 0 atom stereocenters. The van der Waals surface area contributed by atoms with Crippen LogP contribution in [0.5, 0.6) is 0 Å². The summed E-state index contributed by atoms with van der Waals surface area (Å²) in [6.45, 7) is 3.76. The molecule has 0 spiro atoms. The van der Waals surface area contributed by atoms with Gasteiger partial charge in [0.15, 0.2) is 10.9 Å². The summed E-state index contributed by atoms with van der Waals surface area (Å²) in [4.78, 5) is 15.8. The fraction of sp³-hybridized carbons (Fsp3) is 0.250. The third kappa shape index (κ3) is 2.38. The number of nitrogens with zero attached hydrogens (tertiary/aromatic N) is 3. The van der Waals surface area contributed by atoms with E-state index in [9.17, 15) is 10.1 Å². The zero-order chi connectivity index (χ0) is 13.3. The van der Waals surface area contributed by atoms with E-state index in [1.807, 2.05) is 31.2 Å². The molecule has 0 saturated heterocycles. The lowest BCUT2D eigenvalue weighted by Gasteiger charge is -2.00. The van der Waals surface area contributed by atoms with Crippen LogP contribution < -0.4 is 0 Å². The fourth-order valence-corrected chi connectivity index (χ4v) is 2.53. The third-order valence-electron chi connectivity index (χ3n) is 2.67. The van der Waals surface area contributed by atoms with Crippen LogP contribution in [0.4, 0.5) is 5.82 Å². The molecule has 0 saturated carbocycles. The molecular weight excluding hydrogens is 250 g/mol. The highest BCUT2D eigenvalue weighted by molar-refractivity contribution is 7.99. The summed E-state index contributed by atoms with van der Waals surface area (Å²) in [6, 6.07) is 7.83. The maximum absolute atomic E-state index is 11.0. The Morgan fingerprint density at radius 3 is 2.44 bits per heavy atom. The van der Waals surface area contributed by atoms with E-state index in [-0.39, 0.29) is 5.82 Å². The molecule has 0 unspecified atom stereocenters. The Morgan fingerprint density at radius 1 is 1.28 bits per heavy atom. The normalized spacial score (nSPS) is 10.6. The van der Waals surface area contributed by atoms with Crippen LogP contribution in [0.25, 0.3) is 0 Å². The van der Waals surface area contributed by atoms with Crippen molar-refractivity contribution in [1.29, 1.82) is 0 Å². The molecule has 1 aromatic heterocycles. The zero-order valence-electron chi connectivity index (χ0n) is 10.4. The second-order valence-electron chi connectivity index (χ2n) is 4.02. The predicted octanol–water partition coefficient (Wildman–Crippen LogP) is 3.10. The van der Waals surface area contributed by atoms with Crippen molar-refractivity contribution in [2.45, 2.75) is 23.8 Å².